The first kappa shape index (κ1) is 29.1. The predicted molar refractivity (Wildman–Crippen MR) is 126 cm³/mol. The number of aromatic nitrogens is 4. The van der Waals surface area contributed by atoms with E-state index in [0.717, 1.165) is 31.6 Å². The molecule has 3 amide bonds. The van der Waals surface area contributed by atoms with Crippen LogP contribution in [0, 0.1) is 0 Å². The molecular formula is C22H31LiN8O5. The first-order valence-corrected chi connectivity index (χ1v) is 11.7. The number of carboxylic acid groups (broad SMARTS) is 1. The number of anilines is 2. The van der Waals surface area contributed by atoms with Crippen molar-refractivity contribution >= 4 is 29.3 Å². The van der Waals surface area contributed by atoms with Crippen molar-refractivity contribution in [3.8, 4) is 0 Å². The van der Waals surface area contributed by atoms with E-state index in [9.17, 15) is 24.3 Å². The van der Waals surface area contributed by atoms with Gasteiger partial charge in [0.1, 0.15) is 0 Å². The molecule has 2 heterocycles. The van der Waals surface area contributed by atoms with Crippen molar-refractivity contribution < 1.29 is 38.4 Å². The van der Waals surface area contributed by atoms with Gasteiger partial charge in [-0.15, -0.1) is 0 Å². The van der Waals surface area contributed by atoms with E-state index in [2.05, 4.69) is 26.0 Å². The molecule has 0 unspecified atom stereocenters. The summed E-state index contributed by atoms with van der Waals surface area (Å²) in [7, 11) is 0. The van der Waals surface area contributed by atoms with E-state index >= 15 is 0 Å². The van der Waals surface area contributed by atoms with Crippen LogP contribution in [-0.4, -0.2) is 74.8 Å². The van der Waals surface area contributed by atoms with Crippen LogP contribution < -0.4 is 45.2 Å². The minimum atomic E-state index is -1.38. The molecule has 0 aliphatic carbocycles. The van der Waals surface area contributed by atoms with Gasteiger partial charge in [-0.1, -0.05) is 6.92 Å². The van der Waals surface area contributed by atoms with E-state index in [0.29, 0.717) is 31.7 Å². The number of piperidine rings is 1. The van der Waals surface area contributed by atoms with Crippen molar-refractivity contribution in [3.63, 3.8) is 0 Å². The van der Waals surface area contributed by atoms with Gasteiger partial charge in [-0.3, -0.25) is 4.79 Å². The van der Waals surface area contributed by atoms with Gasteiger partial charge in [0.2, 0.25) is 5.91 Å². The second-order valence-corrected chi connectivity index (χ2v) is 8.22. The molecule has 13 nitrogen and oxygen atoms in total. The number of rotatable bonds is 10. The number of hydrogen-bond acceptors (Lipinski definition) is 8. The van der Waals surface area contributed by atoms with E-state index in [1.165, 1.54) is 9.36 Å². The molecule has 0 bridgehead atoms. The van der Waals surface area contributed by atoms with Gasteiger partial charge in [0.15, 0.2) is 0 Å². The molecule has 1 fully saturated rings. The Morgan fingerprint density at radius 2 is 1.69 bits per heavy atom. The zero-order valence-electron chi connectivity index (χ0n) is 21.0. The molecule has 2 aromatic rings. The fourth-order valence-corrected chi connectivity index (χ4v) is 4.04. The summed E-state index contributed by atoms with van der Waals surface area (Å²) in [4.78, 5) is 51.2. The molecule has 1 aromatic carbocycles. The van der Waals surface area contributed by atoms with Gasteiger partial charge in [0.05, 0.1) is 19.1 Å². The van der Waals surface area contributed by atoms with Gasteiger partial charge in [-0.2, -0.15) is 9.36 Å². The third-order valence-electron chi connectivity index (χ3n) is 5.92. The summed E-state index contributed by atoms with van der Waals surface area (Å²) in [6.45, 7) is 6.28. The number of aryl methyl sites for hydroxylation is 1. The molecule has 0 saturated carbocycles. The smallest absolute Gasteiger partial charge is 0.548 e. The predicted octanol–water partition coefficient (Wildman–Crippen LogP) is -3.76. The maximum Gasteiger partial charge on any atom is 1.00 e. The molecule has 0 radical (unpaired) electrons. The van der Waals surface area contributed by atoms with Crippen molar-refractivity contribution in [2.75, 3.05) is 36.4 Å². The van der Waals surface area contributed by atoms with Gasteiger partial charge in [-0.25, -0.2) is 9.59 Å². The molecule has 1 saturated heterocycles. The maximum atomic E-state index is 12.8. The number of urea groups is 1. The molecule has 36 heavy (non-hydrogen) atoms. The van der Waals surface area contributed by atoms with Crippen LogP contribution in [0.2, 0.25) is 0 Å². The molecular weight excluding hydrogens is 463 g/mol. The molecule has 3 rings (SSSR count). The fourth-order valence-electron chi connectivity index (χ4n) is 4.04. The van der Waals surface area contributed by atoms with Crippen LogP contribution in [0.5, 0.6) is 0 Å². The number of hydrogen-bond donors (Lipinski definition) is 2. The summed E-state index contributed by atoms with van der Waals surface area (Å²) >= 11 is 0. The summed E-state index contributed by atoms with van der Waals surface area (Å²) < 4.78 is 2.69. The van der Waals surface area contributed by atoms with Crippen molar-refractivity contribution in [3.05, 3.63) is 34.7 Å². The topological polar surface area (TPSA) is 158 Å². The molecule has 0 atom stereocenters. The Labute approximate surface area is 221 Å². The second-order valence-electron chi connectivity index (χ2n) is 8.22. The number of tetrazole rings is 1. The average Bonchev–Trinajstić information content (AvgIpc) is 3.22. The Kier molecular flexibility index (Phi) is 11.2. The number of aliphatic carboxylic acids is 1. The van der Waals surface area contributed by atoms with Crippen molar-refractivity contribution in [2.45, 2.75) is 52.2 Å². The van der Waals surface area contributed by atoms with Crippen LogP contribution in [0.25, 0.3) is 0 Å². The maximum absolute atomic E-state index is 12.8. The molecule has 0 spiro atoms. The van der Waals surface area contributed by atoms with E-state index in [4.69, 9.17) is 0 Å². The van der Waals surface area contributed by atoms with E-state index in [1.54, 1.807) is 24.3 Å². The molecule has 1 aliphatic rings. The van der Waals surface area contributed by atoms with Crippen LogP contribution in [0.4, 0.5) is 16.2 Å². The zero-order valence-corrected chi connectivity index (χ0v) is 21.0. The quantitative estimate of drug-likeness (QED) is 0.319. The van der Waals surface area contributed by atoms with Crippen molar-refractivity contribution in [1.29, 1.82) is 0 Å². The summed E-state index contributed by atoms with van der Waals surface area (Å²) in [5.41, 5.74) is 0.994. The van der Waals surface area contributed by atoms with Gasteiger partial charge < -0.3 is 30.3 Å². The van der Waals surface area contributed by atoms with E-state index in [-0.39, 0.29) is 36.5 Å². The Morgan fingerprint density at radius 1 is 1.06 bits per heavy atom. The number of nitrogens with zero attached hydrogens (tertiary/aromatic N) is 6. The molecule has 190 valence electrons. The minimum absolute atomic E-state index is 0. The number of likely N-dealkylation sites (tertiary alicyclic amines) is 1. The van der Waals surface area contributed by atoms with Crippen molar-refractivity contribution in [2.24, 2.45) is 0 Å². The number of carboxylic acids is 1. The van der Waals surface area contributed by atoms with Gasteiger partial charge in [-0.05, 0) is 54.5 Å². The number of amides is 3. The Balaban J connectivity index is 0.00000456. The van der Waals surface area contributed by atoms with Crippen LogP contribution in [0.1, 0.15) is 33.1 Å². The zero-order chi connectivity index (χ0) is 25.4. The minimum Gasteiger partial charge on any atom is -0.548 e. The van der Waals surface area contributed by atoms with Crippen LogP contribution in [-0.2, 0) is 22.7 Å². The van der Waals surface area contributed by atoms with Gasteiger partial charge in [0, 0.05) is 50.0 Å². The summed E-state index contributed by atoms with van der Waals surface area (Å²) in [5, 5.41) is 22.9. The monoisotopic (exact) mass is 494 g/mol. The third-order valence-corrected chi connectivity index (χ3v) is 5.92. The van der Waals surface area contributed by atoms with Gasteiger partial charge in [0.25, 0.3) is 0 Å². The fraction of sp³-hybridized carbons (Fsp3) is 0.545. The number of nitrogens with one attached hydrogen (secondary N) is 2. The number of benzene rings is 1. The number of carbonyl (C=O) groups excluding carboxylic acids is 3. The Hall–Kier alpha value is -3.14. The SMILES string of the molecule is CCC(=O)N(c1ccc(NC(=O)NCC(=O)[O-])cc1)C1CCN(CCn2nnn(CC)c2=O)CC1.[Li+]. The summed E-state index contributed by atoms with van der Waals surface area (Å²) in [5.74, 6) is -1.37. The van der Waals surface area contributed by atoms with E-state index in [1.807, 2.05) is 18.7 Å². The molecule has 2 N–H and O–H groups in total. The summed E-state index contributed by atoms with van der Waals surface area (Å²) in [6.07, 6.45) is 1.93. The molecule has 1 aliphatic heterocycles. The normalized spacial score (nSPS) is 14.1. The van der Waals surface area contributed by atoms with Crippen molar-refractivity contribution in [1.82, 2.24) is 30.0 Å². The number of carbonyl (C=O) groups is 3. The Morgan fingerprint density at radius 3 is 2.25 bits per heavy atom. The summed E-state index contributed by atoms with van der Waals surface area (Å²) in [6, 6.07) is 6.23. The first-order valence-electron chi connectivity index (χ1n) is 11.7. The van der Waals surface area contributed by atoms with Crippen LogP contribution in [0.3, 0.4) is 0 Å². The van der Waals surface area contributed by atoms with E-state index < -0.39 is 18.5 Å². The third kappa shape index (κ3) is 7.68. The first-order chi connectivity index (χ1) is 16.8. The van der Waals surface area contributed by atoms with Gasteiger partial charge >= 0.3 is 30.6 Å². The average molecular weight is 494 g/mol. The van der Waals surface area contributed by atoms with Crippen LogP contribution in [0.15, 0.2) is 29.1 Å². The molecule has 14 heteroatoms. The van der Waals surface area contributed by atoms with Crippen LogP contribution >= 0.6 is 0 Å². The second kappa shape index (κ2) is 13.8. The largest absolute Gasteiger partial charge is 1.00 e. The standard InChI is InChI=1S/C22H32N8O5.Li/c1-3-19(31)30(17-7-5-16(6-8-17)24-21(34)23-15-20(32)33)18-9-11-27(12-10-18)13-14-29-22(35)28(4-2)25-26-29;/h5-8,18H,3-4,9-15H2,1-2H3,(H,32,33)(H2,23,24,34);/q;+1/p-1. The molecule has 1 aromatic heterocycles. The Bertz CT molecular complexity index is 1080.